The van der Waals surface area contributed by atoms with Crippen molar-refractivity contribution < 1.29 is 4.79 Å². The molecule has 1 saturated heterocycles. The molecule has 1 aliphatic heterocycles. The standard InChI is InChI=1S/C17H26N6O2/c1-5-18-14(24)11-7-6-8-22(10-11)16-20-13-12(15(25)21-16)9-19-23(13)17(2,3)4/h9,11H,5-8,10H2,1-4H3,(H,18,24)(H,20,21,25)/t11-/m1/s1. The van der Waals surface area contributed by atoms with Crippen molar-refractivity contribution in [2.75, 3.05) is 24.5 Å². The van der Waals surface area contributed by atoms with Gasteiger partial charge in [-0.05, 0) is 40.5 Å². The first-order valence-corrected chi connectivity index (χ1v) is 8.82. The van der Waals surface area contributed by atoms with Crippen LogP contribution in [0.5, 0.6) is 0 Å². The van der Waals surface area contributed by atoms with Crippen LogP contribution in [0.3, 0.4) is 0 Å². The molecule has 0 spiro atoms. The van der Waals surface area contributed by atoms with E-state index in [1.54, 1.807) is 10.9 Å². The number of hydrogen-bond acceptors (Lipinski definition) is 5. The SMILES string of the molecule is CCNC(=O)[C@@H]1CCCN(c2nc3c(cnn3C(C)(C)C)c(=O)[nH]2)C1. The van der Waals surface area contributed by atoms with Crippen LogP contribution in [-0.2, 0) is 10.3 Å². The predicted octanol–water partition coefficient (Wildman–Crippen LogP) is 1.23. The van der Waals surface area contributed by atoms with E-state index in [0.29, 0.717) is 30.1 Å². The first kappa shape index (κ1) is 17.4. The Morgan fingerprint density at radius 3 is 2.88 bits per heavy atom. The molecule has 3 rings (SSSR count). The van der Waals surface area contributed by atoms with Crippen LogP contribution < -0.4 is 15.8 Å². The minimum absolute atomic E-state index is 0.0651. The molecule has 136 valence electrons. The van der Waals surface area contributed by atoms with Gasteiger partial charge in [0.2, 0.25) is 11.9 Å². The summed E-state index contributed by atoms with van der Waals surface area (Å²) in [5, 5.41) is 7.70. The fourth-order valence-electron chi connectivity index (χ4n) is 3.25. The van der Waals surface area contributed by atoms with Gasteiger partial charge in [0.15, 0.2) is 5.65 Å². The molecule has 8 heteroatoms. The van der Waals surface area contributed by atoms with E-state index < -0.39 is 0 Å². The Labute approximate surface area is 146 Å². The van der Waals surface area contributed by atoms with Gasteiger partial charge < -0.3 is 10.2 Å². The molecule has 1 atom stereocenters. The second kappa shape index (κ2) is 6.50. The van der Waals surface area contributed by atoms with Crippen LogP contribution in [0.1, 0.15) is 40.5 Å². The topological polar surface area (TPSA) is 95.9 Å². The van der Waals surface area contributed by atoms with Crippen molar-refractivity contribution in [3.05, 3.63) is 16.6 Å². The van der Waals surface area contributed by atoms with Crippen LogP contribution in [-0.4, -0.2) is 45.3 Å². The number of amides is 1. The maximum Gasteiger partial charge on any atom is 0.263 e. The fourth-order valence-corrected chi connectivity index (χ4v) is 3.25. The minimum atomic E-state index is -0.273. The van der Waals surface area contributed by atoms with Crippen molar-refractivity contribution in [3.63, 3.8) is 0 Å². The van der Waals surface area contributed by atoms with E-state index in [0.717, 1.165) is 19.4 Å². The Balaban J connectivity index is 1.95. The Morgan fingerprint density at radius 2 is 2.20 bits per heavy atom. The van der Waals surface area contributed by atoms with E-state index in [1.807, 2.05) is 32.6 Å². The van der Waals surface area contributed by atoms with Crippen molar-refractivity contribution in [3.8, 4) is 0 Å². The Morgan fingerprint density at radius 1 is 1.44 bits per heavy atom. The van der Waals surface area contributed by atoms with Crippen LogP contribution >= 0.6 is 0 Å². The fraction of sp³-hybridized carbons (Fsp3) is 0.647. The molecule has 1 fully saturated rings. The monoisotopic (exact) mass is 346 g/mol. The summed E-state index contributed by atoms with van der Waals surface area (Å²) in [5.41, 5.74) is 0.104. The molecule has 2 N–H and O–H groups in total. The first-order chi connectivity index (χ1) is 11.8. The number of carbonyl (C=O) groups is 1. The highest BCUT2D eigenvalue weighted by molar-refractivity contribution is 5.79. The number of anilines is 1. The molecule has 2 aromatic heterocycles. The summed E-state index contributed by atoms with van der Waals surface area (Å²) in [4.78, 5) is 34.1. The molecule has 3 heterocycles. The van der Waals surface area contributed by atoms with Crippen LogP contribution in [0.2, 0.25) is 0 Å². The van der Waals surface area contributed by atoms with E-state index in [-0.39, 0.29) is 22.9 Å². The minimum Gasteiger partial charge on any atom is -0.356 e. The van der Waals surface area contributed by atoms with Gasteiger partial charge in [0.25, 0.3) is 5.56 Å². The number of piperidine rings is 1. The molecule has 0 radical (unpaired) electrons. The Kier molecular flexibility index (Phi) is 4.53. The zero-order chi connectivity index (χ0) is 18.2. The number of hydrogen-bond donors (Lipinski definition) is 2. The van der Waals surface area contributed by atoms with Crippen molar-refractivity contribution in [2.45, 2.75) is 46.1 Å². The summed E-state index contributed by atoms with van der Waals surface area (Å²) in [6.07, 6.45) is 3.31. The number of aromatic amines is 1. The van der Waals surface area contributed by atoms with Crippen molar-refractivity contribution in [1.29, 1.82) is 0 Å². The Bertz CT molecular complexity index is 832. The van der Waals surface area contributed by atoms with Gasteiger partial charge in [0.05, 0.1) is 17.7 Å². The van der Waals surface area contributed by atoms with Crippen molar-refractivity contribution in [1.82, 2.24) is 25.1 Å². The molecular formula is C17H26N6O2. The number of H-pyrrole nitrogens is 1. The molecule has 8 nitrogen and oxygen atoms in total. The molecule has 0 aromatic carbocycles. The quantitative estimate of drug-likeness (QED) is 0.871. The smallest absolute Gasteiger partial charge is 0.263 e. The van der Waals surface area contributed by atoms with Crippen LogP contribution in [0.4, 0.5) is 5.95 Å². The molecule has 0 saturated carbocycles. The third-order valence-corrected chi connectivity index (χ3v) is 4.50. The molecule has 0 unspecified atom stereocenters. The van der Waals surface area contributed by atoms with E-state index >= 15 is 0 Å². The number of aromatic nitrogens is 4. The zero-order valence-corrected chi connectivity index (χ0v) is 15.3. The van der Waals surface area contributed by atoms with Gasteiger partial charge in [0.1, 0.15) is 5.39 Å². The number of rotatable bonds is 3. The Hall–Kier alpha value is -2.38. The lowest BCUT2D eigenvalue weighted by molar-refractivity contribution is -0.125. The van der Waals surface area contributed by atoms with E-state index in [4.69, 9.17) is 0 Å². The second-order valence-electron chi connectivity index (χ2n) is 7.53. The average molecular weight is 346 g/mol. The van der Waals surface area contributed by atoms with Gasteiger partial charge in [0, 0.05) is 19.6 Å². The summed E-state index contributed by atoms with van der Waals surface area (Å²) in [6.45, 7) is 9.94. The zero-order valence-electron chi connectivity index (χ0n) is 15.3. The molecule has 2 aromatic rings. The highest BCUT2D eigenvalue weighted by atomic mass is 16.2. The van der Waals surface area contributed by atoms with Gasteiger partial charge >= 0.3 is 0 Å². The molecule has 0 bridgehead atoms. The molecule has 1 aliphatic rings. The second-order valence-corrected chi connectivity index (χ2v) is 7.53. The lowest BCUT2D eigenvalue weighted by Crippen LogP contribution is -2.44. The van der Waals surface area contributed by atoms with Gasteiger partial charge in [-0.3, -0.25) is 14.6 Å². The molecular weight excluding hydrogens is 320 g/mol. The number of carbonyl (C=O) groups excluding carboxylic acids is 1. The van der Waals surface area contributed by atoms with E-state index in [9.17, 15) is 9.59 Å². The summed E-state index contributed by atoms with van der Waals surface area (Å²) in [7, 11) is 0. The number of nitrogens with zero attached hydrogens (tertiary/aromatic N) is 4. The summed E-state index contributed by atoms with van der Waals surface area (Å²) in [5.74, 6) is 0.495. The maximum absolute atomic E-state index is 12.4. The number of fused-ring (bicyclic) bond motifs is 1. The largest absolute Gasteiger partial charge is 0.356 e. The van der Waals surface area contributed by atoms with Gasteiger partial charge in [-0.15, -0.1) is 0 Å². The van der Waals surface area contributed by atoms with Gasteiger partial charge in [-0.25, -0.2) is 4.68 Å². The van der Waals surface area contributed by atoms with Gasteiger partial charge in [-0.2, -0.15) is 10.1 Å². The summed E-state index contributed by atoms with van der Waals surface area (Å²) in [6, 6.07) is 0. The van der Waals surface area contributed by atoms with Crippen LogP contribution in [0, 0.1) is 5.92 Å². The third kappa shape index (κ3) is 3.38. The summed E-state index contributed by atoms with van der Waals surface area (Å²) >= 11 is 0. The summed E-state index contributed by atoms with van der Waals surface area (Å²) < 4.78 is 1.77. The maximum atomic E-state index is 12.4. The highest BCUT2D eigenvalue weighted by Gasteiger charge is 2.28. The van der Waals surface area contributed by atoms with Gasteiger partial charge in [-0.1, -0.05) is 0 Å². The number of nitrogens with one attached hydrogen (secondary N) is 2. The van der Waals surface area contributed by atoms with Crippen molar-refractivity contribution in [2.24, 2.45) is 5.92 Å². The first-order valence-electron chi connectivity index (χ1n) is 8.82. The third-order valence-electron chi connectivity index (χ3n) is 4.50. The van der Waals surface area contributed by atoms with E-state index in [2.05, 4.69) is 20.4 Å². The molecule has 25 heavy (non-hydrogen) atoms. The average Bonchev–Trinajstić information content (AvgIpc) is 3.00. The lowest BCUT2D eigenvalue weighted by Gasteiger charge is -2.32. The van der Waals surface area contributed by atoms with Crippen LogP contribution in [0.25, 0.3) is 11.0 Å². The molecule has 1 amide bonds. The highest BCUT2D eigenvalue weighted by Crippen LogP contribution is 2.23. The predicted molar refractivity (Wildman–Crippen MR) is 96.8 cm³/mol. The lowest BCUT2D eigenvalue weighted by atomic mass is 9.97. The normalized spacial score (nSPS) is 18.6. The van der Waals surface area contributed by atoms with Crippen molar-refractivity contribution >= 4 is 22.9 Å². The van der Waals surface area contributed by atoms with E-state index in [1.165, 1.54) is 0 Å². The molecule has 0 aliphatic carbocycles. The van der Waals surface area contributed by atoms with Crippen LogP contribution in [0.15, 0.2) is 11.0 Å².